The molecule has 1 spiro atoms. The van der Waals surface area contributed by atoms with E-state index in [4.69, 9.17) is 16.3 Å². The highest BCUT2D eigenvalue weighted by Gasteiger charge is 2.44. The molecule has 5 rings (SSSR count). The molecule has 32 heavy (non-hydrogen) atoms. The van der Waals surface area contributed by atoms with E-state index in [9.17, 15) is 9.59 Å². The summed E-state index contributed by atoms with van der Waals surface area (Å²) < 4.78 is 6.54. The minimum absolute atomic E-state index is 0.00127. The van der Waals surface area contributed by atoms with Crippen molar-refractivity contribution in [1.29, 1.82) is 0 Å². The third-order valence-electron chi connectivity index (χ3n) is 6.22. The zero-order chi connectivity index (χ0) is 22.1. The molecule has 0 N–H and O–H groups in total. The monoisotopic (exact) mass is 446 g/mol. The minimum atomic E-state index is -0.631. The molecule has 0 bridgehead atoms. The Labute approximate surface area is 192 Å². The van der Waals surface area contributed by atoms with Gasteiger partial charge in [-0.15, -0.1) is 0 Å². The lowest BCUT2D eigenvalue weighted by atomic mass is 9.87. The summed E-state index contributed by atoms with van der Waals surface area (Å²) in [5.74, 6) is 0.668. The van der Waals surface area contributed by atoms with Crippen LogP contribution in [0.4, 0.5) is 11.4 Å². The molecule has 0 atom stereocenters. The fourth-order valence-electron chi connectivity index (χ4n) is 4.52. The predicted octanol–water partition coefficient (Wildman–Crippen LogP) is 5.46. The summed E-state index contributed by atoms with van der Waals surface area (Å²) in [5.41, 5.74) is 1.55. The van der Waals surface area contributed by atoms with Crippen molar-refractivity contribution < 1.29 is 14.3 Å². The molecule has 2 aliphatic heterocycles. The van der Waals surface area contributed by atoms with Gasteiger partial charge in [0.15, 0.2) is 0 Å². The summed E-state index contributed by atoms with van der Waals surface area (Å²) in [6, 6.07) is 24.2. The van der Waals surface area contributed by atoms with Gasteiger partial charge in [0.05, 0.1) is 12.1 Å². The number of piperidine rings is 1. The summed E-state index contributed by atoms with van der Waals surface area (Å²) in [7, 11) is 0. The molecule has 3 aromatic rings. The Kier molecular flexibility index (Phi) is 5.35. The van der Waals surface area contributed by atoms with Gasteiger partial charge in [-0.3, -0.25) is 14.5 Å². The number of fused-ring (bicyclic) bond motifs is 1. The Hall–Kier alpha value is -3.31. The lowest BCUT2D eigenvalue weighted by molar-refractivity contribution is -0.122. The van der Waals surface area contributed by atoms with Gasteiger partial charge in [0.2, 0.25) is 5.91 Å². The number of likely N-dealkylation sites (tertiary alicyclic amines) is 1. The second-order valence-corrected chi connectivity index (χ2v) is 8.73. The Morgan fingerprint density at radius 3 is 2.25 bits per heavy atom. The Morgan fingerprint density at radius 2 is 1.53 bits per heavy atom. The first-order valence-electron chi connectivity index (χ1n) is 10.8. The topological polar surface area (TPSA) is 49.9 Å². The van der Waals surface area contributed by atoms with E-state index in [0.29, 0.717) is 42.3 Å². The maximum atomic E-state index is 13.5. The van der Waals surface area contributed by atoms with Crippen molar-refractivity contribution >= 4 is 34.8 Å². The molecule has 5 nitrogen and oxygen atoms in total. The quantitative estimate of drug-likeness (QED) is 0.525. The first kappa shape index (κ1) is 20.6. The second kappa shape index (κ2) is 8.32. The average molecular weight is 447 g/mol. The third kappa shape index (κ3) is 3.84. The first-order chi connectivity index (χ1) is 15.5. The van der Waals surface area contributed by atoms with E-state index in [1.807, 2.05) is 59.5 Å². The highest BCUT2D eigenvalue weighted by molar-refractivity contribution is 6.30. The molecular formula is C26H23ClN2O3. The van der Waals surface area contributed by atoms with Crippen LogP contribution in [0.15, 0.2) is 78.9 Å². The van der Waals surface area contributed by atoms with Crippen molar-refractivity contribution in [1.82, 2.24) is 4.90 Å². The van der Waals surface area contributed by atoms with Crippen molar-refractivity contribution in [2.45, 2.75) is 24.9 Å². The number of rotatable bonds is 2. The minimum Gasteiger partial charge on any atom is -0.484 e. The number of anilines is 2. The van der Waals surface area contributed by atoms with E-state index < -0.39 is 5.60 Å². The molecule has 2 heterocycles. The van der Waals surface area contributed by atoms with Gasteiger partial charge in [-0.2, -0.15) is 0 Å². The highest BCUT2D eigenvalue weighted by atomic mass is 35.5. The molecule has 0 saturated carbocycles. The van der Waals surface area contributed by atoms with Crippen molar-refractivity contribution in [3.05, 3.63) is 89.4 Å². The van der Waals surface area contributed by atoms with Gasteiger partial charge in [0, 0.05) is 42.2 Å². The van der Waals surface area contributed by atoms with Crippen molar-refractivity contribution in [2.24, 2.45) is 0 Å². The number of hydrogen-bond acceptors (Lipinski definition) is 3. The molecule has 162 valence electrons. The van der Waals surface area contributed by atoms with Crippen LogP contribution >= 0.6 is 11.6 Å². The van der Waals surface area contributed by atoms with Gasteiger partial charge in [-0.1, -0.05) is 41.9 Å². The number of ether oxygens (including phenoxy) is 1. The number of carbonyl (C=O) groups is 2. The van der Waals surface area contributed by atoms with Gasteiger partial charge >= 0.3 is 0 Å². The van der Waals surface area contributed by atoms with E-state index >= 15 is 0 Å². The van der Waals surface area contributed by atoms with Crippen LogP contribution in [0.3, 0.4) is 0 Å². The van der Waals surface area contributed by atoms with E-state index in [0.717, 1.165) is 11.4 Å². The number of para-hydroxylation sites is 3. The predicted molar refractivity (Wildman–Crippen MR) is 125 cm³/mol. The Balaban J connectivity index is 1.39. The number of amides is 2. The molecule has 0 aromatic heterocycles. The van der Waals surface area contributed by atoms with Crippen LogP contribution in [-0.4, -0.2) is 35.4 Å². The molecule has 6 heteroatoms. The van der Waals surface area contributed by atoms with Crippen LogP contribution in [0.25, 0.3) is 0 Å². The Bertz CT molecular complexity index is 1140. The zero-order valence-corrected chi connectivity index (χ0v) is 18.3. The third-order valence-corrected chi connectivity index (χ3v) is 6.47. The molecule has 0 aliphatic carbocycles. The largest absolute Gasteiger partial charge is 0.484 e. The van der Waals surface area contributed by atoms with E-state index in [-0.39, 0.29) is 18.2 Å². The number of nitrogens with zero attached hydrogens (tertiary/aromatic N) is 2. The zero-order valence-electron chi connectivity index (χ0n) is 17.5. The molecule has 1 fully saturated rings. The lowest BCUT2D eigenvalue weighted by Gasteiger charge is -2.40. The molecule has 1 saturated heterocycles. The van der Waals surface area contributed by atoms with Gasteiger partial charge in [-0.05, 0) is 48.5 Å². The standard InChI is InChI=1S/C26H23ClN2O3/c27-20-12-10-19(11-13-20)25(31)28-16-14-26(15-17-28)18-24(30)29(21-6-2-1-3-7-21)22-8-4-5-9-23(22)32-26/h1-13H,14-18H2. The highest BCUT2D eigenvalue weighted by Crippen LogP contribution is 2.43. The fourth-order valence-corrected chi connectivity index (χ4v) is 4.64. The van der Waals surface area contributed by atoms with E-state index in [1.54, 1.807) is 29.2 Å². The number of halogens is 1. The summed E-state index contributed by atoms with van der Waals surface area (Å²) in [4.78, 5) is 30.0. The number of benzene rings is 3. The summed E-state index contributed by atoms with van der Waals surface area (Å²) >= 11 is 5.95. The summed E-state index contributed by atoms with van der Waals surface area (Å²) in [5, 5.41) is 0.603. The normalized spacial score (nSPS) is 17.5. The SMILES string of the molecule is O=C(c1ccc(Cl)cc1)N1CCC2(CC1)CC(=O)N(c1ccccc1)c1ccccc1O2. The van der Waals surface area contributed by atoms with Gasteiger partial charge < -0.3 is 9.64 Å². The van der Waals surface area contributed by atoms with Crippen LogP contribution in [-0.2, 0) is 4.79 Å². The van der Waals surface area contributed by atoms with Gasteiger partial charge in [0.25, 0.3) is 5.91 Å². The van der Waals surface area contributed by atoms with Crippen LogP contribution in [0, 0.1) is 0 Å². The van der Waals surface area contributed by atoms with E-state index in [2.05, 4.69) is 0 Å². The smallest absolute Gasteiger partial charge is 0.253 e. The van der Waals surface area contributed by atoms with Crippen LogP contribution in [0.2, 0.25) is 5.02 Å². The van der Waals surface area contributed by atoms with Crippen LogP contribution in [0.5, 0.6) is 5.75 Å². The Morgan fingerprint density at radius 1 is 0.875 bits per heavy atom. The first-order valence-corrected chi connectivity index (χ1v) is 11.1. The molecule has 2 amide bonds. The molecule has 3 aromatic carbocycles. The molecule has 0 unspecified atom stereocenters. The maximum Gasteiger partial charge on any atom is 0.253 e. The summed E-state index contributed by atoms with van der Waals surface area (Å²) in [6.45, 7) is 1.06. The average Bonchev–Trinajstić information content (AvgIpc) is 2.93. The summed E-state index contributed by atoms with van der Waals surface area (Å²) in [6.07, 6.45) is 1.45. The van der Waals surface area contributed by atoms with Crippen molar-refractivity contribution in [2.75, 3.05) is 18.0 Å². The van der Waals surface area contributed by atoms with Gasteiger partial charge in [0.1, 0.15) is 11.4 Å². The lowest BCUT2D eigenvalue weighted by Crippen LogP contribution is -2.51. The fraction of sp³-hybridized carbons (Fsp3) is 0.231. The molecular weight excluding hydrogens is 424 g/mol. The van der Waals surface area contributed by atoms with Crippen molar-refractivity contribution in [3.63, 3.8) is 0 Å². The molecule has 0 radical (unpaired) electrons. The molecule has 2 aliphatic rings. The number of hydrogen-bond donors (Lipinski definition) is 0. The van der Waals surface area contributed by atoms with Crippen molar-refractivity contribution in [3.8, 4) is 5.75 Å². The van der Waals surface area contributed by atoms with Crippen LogP contribution in [0.1, 0.15) is 29.6 Å². The van der Waals surface area contributed by atoms with Gasteiger partial charge in [-0.25, -0.2) is 0 Å². The van der Waals surface area contributed by atoms with Crippen LogP contribution < -0.4 is 9.64 Å². The maximum absolute atomic E-state index is 13.5. The second-order valence-electron chi connectivity index (χ2n) is 8.29. The van der Waals surface area contributed by atoms with E-state index in [1.165, 1.54) is 0 Å². The number of carbonyl (C=O) groups excluding carboxylic acids is 2.